The molecule has 5 heteroatoms. The zero-order valence-corrected chi connectivity index (χ0v) is 12.7. The molecule has 1 N–H and O–H groups in total. The van der Waals surface area contributed by atoms with Crippen LogP contribution in [0.4, 0.5) is 8.78 Å². The minimum Gasteiger partial charge on any atom is -0.386 e. The molecule has 1 aromatic carbocycles. The molecule has 0 aliphatic rings. The van der Waals surface area contributed by atoms with E-state index in [2.05, 4.69) is 0 Å². The Morgan fingerprint density at radius 2 is 1.85 bits per heavy atom. The summed E-state index contributed by atoms with van der Waals surface area (Å²) in [5.74, 6) is 0. The first kappa shape index (κ1) is 17.0. The molecule has 0 fully saturated rings. The van der Waals surface area contributed by atoms with Gasteiger partial charge in [0.25, 0.3) is 6.43 Å². The Morgan fingerprint density at radius 1 is 1.30 bits per heavy atom. The Labute approximate surface area is 121 Å². The second-order valence-electron chi connectivity index (χ2n) is 4.99. The van der Waals surface area contributed by atoms with Gasteiger partial charge in [-0.3, -0.25) is 4.21 Å². The van der Waals surface area contributed by atoms with E-state index in [9.17, 15) is 18.1 Å². The van der Waals surface area contributed by atoms with Crippen molar-refractivity contribution in [2.75, 3.05) is 0 Å². The van der Waals surface area contributed by atoms with Crippen LogP contribution in [-0.4, -0.2) is 27.1 Å². The summed E-state index contributed by atoms with van der Waals surface area (Å²) < 4.78 is 37.9. The maximum Gasteiger partial charge on any atom is 0.265 e. The molecule has 0 amide bonds. The summed E-state index contributed by atoms with van der Waals surface area (Å²) in [6.07, 6.45) is -2.91. The van der Waals surface area contributed by atoms with Gasteiger partial charge in [0.2, 0.25) is 0 Å². The molecular weight excluding hydrogens is 282 g/mol. The minimum atomic E-state index is -2.90. The van der Waals surface area contributed by atoms with Crippen LogP contribution in [0.15, 0.2) is 40.8 Å². The number of benzene rings is 1. The van der Waals surface area contributed by atoms with Gasteiger partial charge in [0.15, 0.2) is 0 Å². The SMILES string of the molecule is CC(C)=CC[C@H]([C@H](O)C(F)F)S(=O)c1ccc(C)cc1. The number of aliphatic hydroxyl groups is 1. The molecule has 0 aliphatic carbocycles. The highest BCUT2D eigenvalue weighted by atomic mass is 32.2. The third-order valence-electron chi connectivity index (χ3n) is 2.93. The normalized spacial score (nSPS) is 15.8. The molecule has 0 aliphatic heterocycles. The fourth-order valence-corrected chi connectivity index (χ4v) is 3.11. The lowest BCUT2D eigenvalue weighted by molar-refractivity contribution is -0.00535. The Bertz CT molecular complexity index is 479. The molecule has 0 bridgehead atoms. The first-order valence-electron chi connectivity index (χ1n) is 6.39. The summed E-state index contributed by atoms with van der Waals surface area (Å²) >= 11 is 0. The van der Waals surface area contributed by atoms with Gasteiger partial charge in [-0.05, 0) is 39.3 Å². The predicted molar refractivity (Wildman–Crippen MR) is 77.4 cm³/mol. The van der Waals surface area contributed by atoms with E-state index >= 15 is 0 Å². The zero-order chi connectivity index (χ0) is 15.3. The van der Waals surface area contributed by atoms with Crippen LogP contribution in [-0.2, 0) is 10.8 Å². The van der Waals surface area contributed by atoms with Crippen LogP contribution in [0.2, 0.25) is 0 Å². The number of rotatable bonds is 6. The molecule has 20 heavy (non-hydrogen) atoms. The van der Waals surface area contributed by atoms with Crippen molar-refractivity contribution in [3.05, 3.63) is 41.5 Å². The Hall–Kier alpha value is -1.07. The summed E-state index contributed by atoms with van der Waals surface area (Å²) in [4.78, 5) is 0.461. The molecule has 0 radical (unpaired) electrons. The van der Waals surface area contributed by atoms with Crippen molar-refractivity contribution in [2.24, 2.45) is 0 Å². The fraction of sp³-hybridized carbons (Fsp3) is 0.467. The molecule has 0 saturated carbocycles. The highest BCUT2D eigenvalue weighted by Gasteiger charge is 2.32. The summed E-state index contributed by atoms with van der Waals surface area (Å²) in [6, 6.07) is 6.86. The van der Waals surface area contributed by atoms with Crippen LogP contribution in [0.1, 0.15) is 25.8 Å². The van der Waals surface area contributed by atoms with Crippen molar-refractivity contribution < 1.29 is 18.1 Å². The molecule has 0 spiro atoms. The first-order chi connectivity index (χ1) is 9.32. The van der Waals surface area contributed by atoms with Gasteiger partial charge in [-0.25, -0.2) is 8.78 Å². The molecule has 1 unspecified atom stereocenters. The average Bonchev–Trinajstić information content (AvgIpc) is 2.38. The molecule has 1 rings (SSSR count). The van der Waals surface area contributed by atoms with E-state index in [1.165, 1.54) is 0 Å². The van der Waals surface area contributed by atoms with E-state index in [1.807, 2.05) is 20.8 Å². The van der Waals surface area contributed by atoms with Gasteiger partial charge in [-0.15, -0.1) is 0 Å². The van der Waals surface area contributed by atoms with E-state index in [0.29, 0.717) is 4.90 Å². The largest absolute Gasteiger partial charge is 0.386 e. The first-order valence-corrected chi connectivity index (χ1v) is 7.61. The third kappa shape index (κ3) is 4.80. The van der Waals surface area contributed by atoms with Gasteiger partial charge in [0.1, 0.15) is 6.10 Å². The van der Waals surface area contributed by atoms with E-state index in [1.54, 1.807) is 30.3 Å². The Kier molecular flexibility index (Phi) is 6.49. The van der Waals surface area contributed by atoms with Gasteiger partial charge >= 0.3 is 0 Å². The van der Waals surface area contributed by atoms with Crippen molar-refractivity contribution in [1.29, 1.82) is 0 Å². The lowest BCUT2D eigenvalue weighted by Gasteiger charge is -2.21. The van der Waals surface area contributed by atoms with Crippen molar-refractivity contribution in [3.8, 4) is 0 Å². The number of aliphatic hydroxyl groups excluding tert-OH is 1. The van der Waals surface area contributed by atoms with Crippen molar-refractivity contribution in [3.63, 3.8) is 0 Å². The number of allylic oxidation sites excluding steroid dienone is 2. The summed E-state index contributed by atoms with van der Waals surface area (Å²) in [6.45, 7) is 5.56. The van der Waals surface area contributed by atoms with E-state index < -0.39 is 28.6 Å². The van der Waals surface area contributed by atoms with E-state index in [0.717, 1.165) is 11.1 Å². The highest BCUT2D eigenvalue weighted by molar-refractivity contribution is 7.85. The Balaban J connectivity index is 3.00. The van der Waals surface area contributed by atoms with Crippen molar-refractivity contribution in [1.82, 2.24) is 0 Å². The third-order valence-corrected chi connectivity index (χ3v) is 4.68. The maximum absolute atomic E-state index is 12.7. The van der Waals surface area contributed by atoms with Crippen LogP contribution in [0.5, 0.6) is 0 Å². The number of hydrogen-bond donors (Lipinski definition) is 1. The minimum absolute atomic E-state index is 0.161. The van der Waals surface area contributed by atoms with E-state index in [-0.39, 0.29) is 6.42 Å². The van der Waals surface area contributed by atoms with Crippen molar-refractivity contribution in [2.45, 2.75) is 49.9 Å². The van der Waals surface area contributed by atoms with Gasteiger partial charge in [-0.2, -0.15) is 0 Å². The average molecular weight is 302 g/mol. The quantitative estimate of drug-likeness (QED) is 0.817. The lowest BCUT2D eigenvalue weighted by atomic mass is 10.1. The second-order valence-corrected chi connectivity index (χ2v) is 6.66. The number of alkyl halides is 2. The number of hydrogen-bond acceptors (Lipinski definition) is 2. The van der Waals surface area contributed by atoms with Gasteiger partial charge in [0.05, 0.1) is 16.0 Å². The van der Waals surface area contributed by atoms with Crippen LogP contribution < -0.4 is 0 Å². The fourth-order valence-electron chi connectivity index (χ4n) is 1.71. The predicted octanol–water partition coefficient (Wildman–Crippen LogP) is 3.45. The maximum atomic E-state index is 12.7. The highest BCUT2D eigenvalue weighted by Crippen LogP contribution is 2.22. The summed E-state index contributed by atoms with van der Waals surface area (Å²) in [5.41, 5.74) is 1.94. The van der Waals surface area contributed by atoms with Gasteiger partial charge in [-0.1, -0.05) is 29.3 Å². The van der Waals surface area contributed by atoms with Gasteiger partial charge < -0.3 is 5.11 Å². The smallest absolute Gasteiger partial charge is 0.265 e. The monoisotopic (exact) mass is 302 g/mol. The van der Waals surface area contributed by atoms with E-state index in [4.69, 9.17) is 0 Å². The van der Waals surface area contributed by atoms with Crippen LogP contribution in [0, 0.1) is 6.92 Å². The Morgan fingerprint density at radius 3 is 2.30 bits per heavy atom. The molecule has 112 valence electrons. The summed E-state index contributed by atoms with van der Waals surface area (Å²) in [5, 5.41) is 8.61. The zero-order valence-electron chi connectivity index (χ0n) is 11.8. The molecule has 0 aromatic heterocycles. The molecule has 0 heterocycles. The second kappa shape index (κ2) is 7.64. The van der Waals surface area contributed by atoms with Gasteiger partial charge in [0, 0.05) is 4.90 Å². The molecular formula is C15H20F2O2S. The van der Waals surface area contributed by atoms with Crippen LogP contribution in [0.3, 0.4) is 0 Å². The number of aryl methyl sites for hydroxylation is 1. The number of halogens is 2. The lowest BCUT2D eigenvalue weighted by Crippen LogP contribution is -2.35. The standard InChI is InChI=1S/C15H20F2O2S/c1-10(2)4-9-13(14(18)15(16)17)20(19)12-7-5-11(3)6-8-12/h4-8,13-15,18H,9H2,1-3H3/t13-,14+,20?/m1/s1. The van der Waals surface area contributed by atoms with Crippen molar-refractivity contribution >= 4 is 10.8 Å². The topological polar surface area (TPSA) is 37.3 Å². The summed E-state index contributed by atoms with van der Waals surface area (Å²) in [7, 11) is -1.67. The molecule has 1 aromatic rings. The van der Waals surface area contributed by atoms with Crippen LogP contribution in [0.25, 0.3) is 0 Å². The molecule has 3 atom stereocenters. The van der Waals surface area contributed by atoms with Crippen LogP contribution >= 0.6 is 0 Å². The molecule has 2 nitrogen and oxygen atoms in total. The molecule has 0 saturated heterocycles.